The largest absolute Gasteiger partial charge is 0.465 e. The molecule has 3 aliphatic heterocycles. The lowest BCUT2D eigenvalue weighted by molar-refractivity contribution is -0.161. The predicted molar refractivity (Wildman–Crippen MR) is 149 cm³/mol. The molecule has 3 unspecified atom stereocenters. The van der Waals surface area contributed by atoms with Crippen LogP contribution in [0.15, 0.2) is 49.6 Å². The molecule has 0 radical (unpaired) electrons. The van der Waals surface area contributed by atoms with E-state index in [-0.39, 0.29) is 37.5 Å². The molecular weight excluding hydrogens is 520 g/mol. The molecule has 2 amide bonds. The Hall–Kier alpha value is -2.68. The lowest BCUT2D eigenvalue weighted by Crippen LogP contribution is -2.57. The van der Waals surface area contributed by atoms with Crippen LogP contribution in [0.5, 0.6) is 0 Å². The van der Waals surface area contributed by atoms with E-state index >= 15 is 0 Å². The fraction of sp³-hybridized carbons (Fsp3) is 0.567. The van der Waals surface area contributed by atoms with Crippen LogP contribution in [0.2, 0.25) is 5.02 Å². The molecule has 1 N–H and O–H groups in total. The van der Waals surface area contributed by atoms with Gasteiger partial charge in [-0.25, -0.2) is 0 Å². The molecule has 3 fully saturated rings. The molecule has 8 nitrogen and oxygen atoms in total. The number of amides is 2. The molecule has 3 heterocycles. The van der Waals surface area contributed by atoms with Crippen LogP contribution in [0.1, 0.15) is 46.0 Å². The molecular formula is C30H39ClN2O6. The normalized spacial score (nSPS) is 30.8. The average molecular weight is 559 g/mol. The summed E-state index contributed by atoms with van der Waals surface area (Å²) in [5, 5.41) is 9.66. The summed E-state index contributed by atoms with van der Waals surface area (Å²) >= 11 is 6.52. The van der Waals surface area contributed by atoms with Crippen LogP contribution in [-0.4, -0.2) is 71.3 Å². The third-order valence-electron chi connectivity index (χ3n) is 8.65. The first-order valence-electron chi connectivity index (χ1n) is 13.7. The van der Waals surface area contributed by atoms with Gasteiger partial charge in [-0.15, -0.1) is 13.2 Å². The Morgan fingerprint density at radius 3 is 2.67 bits per heavy atom. The van der Waals surface area contributed by atoms with Gasteiger partial charge in [-0.3, -0.25) is 14.4 Å². The van der Waals surface area contributed by atoms with Crippen molar-refractivity contribution in [2.75, 3.05) is 31.2 Å². The Morgan fingerprint density at radius 1 is 1.26 bits per heavy atom. The number of aliphatic hydroxyl groups excluding tert-OH is 1. The van der Waals surface area contributed by atoms with Gasteiger partial charge in [0.25, 0.3) is 5.91 Å². The number of nitrogens with zero attached hydrogens (tertiary/aromatic N) is 2. The van der Waals surface area contributed by atoms with E-state index in [1.165, 1.54) is 0 Å². The summed E-state index contributed by atoms with van der Waals surface area (Å²) in [7, 11) is 0. The van der Waals surface area contributed by atoms with E-state index in [1.54, 1.807) is 46.2 Å². The molecule has 1 aromatic carbocycles. The highest BCUT2D eigenvalue weighted by Gasteiger charge is 2.80. The monoisotopic (exact) mass is 558 g/mol. The fourth-order valence-electron chi connectivity index (χ4n) is 6.77. The Balaban J connectivity index is 1.77. The number of aliphatic hydroxyl groups is 1. The van der Waals surface area contributed by atoms with Crippen LogP contribution in [0.4, 0.5) is 5.69 Å². The quantitative estimate of drug-likeness (QED) is 0.222. The number of hydrogen-bond acceptors (Lipinski definition) is 6. The van der Waals surface area contributed by atoms with Gasteiger partial charge in [0.05, 0.1) is 28.8 Å². The van der Waals surface area contributed by atoms with Gasteiger partial charge < -0.3 is 24.4 Å². The van der Waals surface area contributed by atoms with Gasteiger partial charge in [0.1, 0.15) is 17.6 Å². The zero-order valence-electron chi connectivity index (χ0n) is 22.8. The van der Waals surface area contributed by atoms with Crippen molar-refractivity contribution in [3.05, 3.63) is 54.6 Å². The number of para-hydroxylation sites is 1. The predicted octanol–water partition coefficient (Wildman–Crippen LogP) is 4.15. The third kappa shape index (κ3) is 4.92. The van der Waals surface area contributed by atoms with E-state index in [4.69, 9.17) is 21.1 Å². The van der Waals surface area contributed by atoms with Crippen LogP contribution < -0.4 is 4.90 Å². The van der Waals surface area contributed by atoms with E-state index in [0.29, 0.717) is 49.4 Å². The van der Waals surface area contributed by atoms with Crippen molar-refractivity contribution in [1.29, 1.82) is 0 Å². The van der Waals surface area contributed by atoms with Crippen LogP contribution in [0, 0.1) is 17.8 Å². The summed E-state index contributed by atoms with van der Waals surface area (Å²) in [6.07, 6.45) is 6.15. The lowest BCUT2D eigenvalue weighted by atomic mass is 9.62. The van der Waals surface area contributed by atoms with Gasteiger partial charge in [0.15, 0.2) is 0 Å². The third-order valence-corrected chi connectivity index (χ3v) is 8.97. The maximum absolute atomic E-state index is 14.5. The second-order valence-corrected chi connectivity index (χ2v) is 11.4. The molecule has 2 bridgehead atoms. The van der Waals surface area contributed by atoms with Gasteiger partial charge >= 0.3 is 5.97 Å². The van der Waals surface area contributed by atoms with E-state index in [0.717, 1.165) is 0 Å². The second-order valence-electron chi connectivity index (χ2n) is 11.0. The number of carbonyl (C=O) groups is 3. The van der Waals surface area contributed by atoms with Crippen molar-refractivity contribution in [2.45, 2.75) is 63.2 Å². The van der Waals surface area contributed by atoms with Gasteiger partial charge in [-0.1, -0.05) is 42.8 Å². The van der Waals surface area contributed by atoms with E-state index < -0.39 is 35.0 Å². The first-order chi connectivity index (χ1) is 18.7. The number of halogens is 1. The number of benzene rings is 1. The lowest BCUT2D eigenvalue weighted by Gasteiger charge is -2.37. The van der Waals surface area contributed by atoms with E-state index in [2.05, 4.69) is 13.2 Å². The molecule has 39 heavy (non-hydrogen) atoms. The summed E-state index contributed by atoms with van der Waals surface area (Å²) in [6.45, 7) is 12.1. The SMILES string of the molecule is C=CCCOC(=O)[C@H]1[C@H]2C(=O)N(CCCCCO)C(C(=O)N(CC=C)c3ccccc3Cl)C23CC(C)[C@]1(C)O3. The molecule has 1 spiro atoms. The molecule has 1 aromatic rings. The molecule has 9 heteroatoms. The van der Waals surface area contributed by atoms with Gasteiger partial charge in [0.2, 0.25) is 5.91 Å². The number of unbranched alkanes of at least 4 members (excludes halogenated alkanes) is 2. The van der Waals surface area contributed by atoms with Crippen LogP contribution in [0.3, 0.4) is 0 Å². The number of carbonyl (C=O) groups excluding carboxylic acids is 3. The Bertz CT molecular complexity index is 1130. The molecule has 0 aromatic heterocycles. The van der Waals surface area contributed by atoms with E-state index in [1.807, 2.05) is 13.8 Å². The smallest absolute Gasteiger partial charge is 0.312 e. The molecule has 212 valence electrons. The summed E-state index contributed by atoms with van der Waals surface area (Å²) in [6, 6.07) is 6.11. The zero-order chi connectivity index (χ0) is 28.4. The minimum atomic E-state index is -1.18. The fourth-order valence-corrected chi connectivity index (χ4v) is 7.01. The Morgan fingerprint density at radius 2 is 2.00 bits per heavy atom. The Kier molecular flexibility index (Phi) is 8.88. The van der Waals surface area contributed by atoms with Gasteiger partial charge in [-0.05, 0) is 57.1 Å². The van der Waals surface area contributed by atoms with E-state index in [9.17, 15) is 19.5 Å². The minimum Gasteiger partial charge on any atom is -0.465 e. The number of rotatable bonds is 13. The highest BCUT2D eigenvalue weighted by atomic mass is 35.5. The maximum Gasteiger partial charge on any atom is 0.312 e. The zero-order valence-corrected chi connectivity index (χ0v) is 23.6. The Labute approximate surface area is 235 Å². The standard InChI is InChI=1S/C30H39ClN2O6/c1-5-7-18-38-28(37)24-23-26(35)33(16-11-8-12-17-34)25(30(23)19-20(3)29(24,4)39-30)27(36)32(15-6-2)22-14-10-9-13-21(22)31/h5-6,9-10,13-14,20,23-25,34H,1-2,7-8,11-12,15-19H2,3-4H3/t20?,23-,24+,25?,29-,30?/m0/s1. The molecule has 6 atom stereocenters. The van der Waals surface area contributed by atoms with Gasteiger partial charge in [-0.2, -0.15) is 0 Å². The summed E-state index contributed by atoms with van der Waals surface area (Å²) in [5.74, 6) is -2.82. The molecule has 3 saturated heterocycles. The van der Waals surface area contributed by atoms with Crippen molar-refractivity contribution in [3.63, 3.8) is 0 Å². The highest BCUT2D eigenvalue weighted by Crippen LogP contribution is 2.65. The van der Waals surface area contributed by atoms with Crippen molar-refractivity contribution in [2.24, 2.45) is 17.8 Å². The van der Waals surface area contributed by atoms with Gasteiger partial charge in [0, 0.05) is 19.7 Å². The number of esters is 1. The summed E-state index contributed by atoms with van der Waals surface area (Å²) < 4.78 is 12.3. The average Bonchev–Trinajstić information content (AvgIpc) is 3.42. The molecule has 0 saturated carbocycles. The number of ether oxygens (including phenoxy) is 2. The minimum absolute atomic E-state index is 0.0556. The number of likely N-dealkylation sites (tertiary alicyclic amines) is 1. The first-order valence-corrected chi connectivity index (χ1v) is 14.1. The molecule has 4 rings (SSSR count). The molecule has 0 aliphatic carbocycles. The summed E-state index contributed by atoms with van der Waals surface area (Å²) in [4.78, 5) is 45.3. The number of fused-ring (bicyclic) bond motifs is 1. The van der Waals surface area contributed by atoms with Crippen molar-refractivity contribution < 1.29 is 29.0 Å². The number of hydrogen-bond donors (Lipinski definition) is 1. The van der Waals surface area contributed by atoms with Crippen LogP contribution in [0.25, 0.3) is 0 Å². The van der Waals surface area contributed by atoms with Crippen LogP contribution >= 0.6 is 11.6 Å². The van der Waals surface area contributed by atoms with Crippen molar-refractivity contribution in [3.8, 4) is 0 Å². The second kappa shape index (κ2) is 11.8. The molecule has 3 aliphatic rings. The topological polar surface area (TPSA) is 96.4 Å². The highest BCUT2D eigenvalue weighted by molar-refractivity contribution is 6.34. The van der Waals surface area contributed by atoms with Crippen molar-refractivity contribution >= 4 is 35.1 Å². The maximum atomic E-state index is 14.5. The first kappa shape index (κ1) is 29.3. The van der Waals surface area contributed by atoms with Crippen molar-refractivity contribution in [1.82, 2.24) is 4.90 Å². The summed E-state index contributed by atoms with van der Waals surface area (Å²) in [5.41, 5.74) is -1.60. The number of anilines is 1. The van der Waals surface area contributed by atoms with Crippen LogP contribution in [-0.2, 0) is 23.9 Å².